The average Bonchev–Trinajstić information content (AvgIpc) is 2.73. The molecule has 1 atom stereocenters. The maximum atomic E-state index is 9.54. The van der Waals surface area contributed by atoms with Gasteiger partial charge in [0.25, 0.3) is 0 Å². The molecular weight excluding hydrogens is 188 g/mol. The molecule has 1 aromatic carbocycles. The second-order valence-corrected chi connectivity index (χ2v) is 4.12. The lowest BCUT2D eigenvalue weighted by molar-refractivity contribution is 0.471. The fraction of sp³-hybridized carbons (Fsp3) is 0.500. The van der Waals surface area contributed by atoms with Gasteiger partial charge in [-0.1, -0.05) is 6.07 Å². The van der Waals surface area contributed by atoms with Crippen LogP contribution >= 0.6 is 0 Å². The van der Waals surface area contributed by atoms with Gasteiger partial charge in [0.05, 0.1) is 0 Å². The van der Waals surface area contributed by atoms with Gasteiger partial charge in [-0.25, -0.2) is 0 Å². The first kappa shape index (κ1) is 10.3. The molecule has 82 valence electrons. The van der Waals surface area contributed by atoms with Gasteiger partial charge in [0.15, 0.2) is 0 Å². The Balaban J connectivity index is 1.95. The molecule has 2 rings (SSSR count). The fourth-order valence-electron chi connectivity index (χ4n) is 1.98. The number of hydrogen-bond acceptors (Lipinski definition) is 3. The standard InChI is InChI=1S/C12H18N2O/c1-9-11(5-2-6-12(9)15)14-8-10-4-3-7-13-10/h2,5-6,10,13-15H,3-4,7-8H2,1H3. The minimum Gasteiger partial charge on any atom is -0.508 e. The summed E-state index contributed by atoms with van der Waals surface area (Å²) in [6.45, 7) is 4.00. The van der Waals surface area contributed by atoms with Crippen LogP contribution in [0.3, 0.4) is 0 Å². The number of nitrogens with one attached hydrogen (secondary N) is 2. The Morgan fingerprint density at radius 1 is 1.53 bits per heavy atom. The molecule has 1 fully saturated rings. The van der Waals surface area contributed by atoms with Crippen molar-refractivity contribution in [1.29, 1.82) is 0 Å². The van der Waals surface area contributed by atoms with E-state index in [9.17, 15) is 5.11 Å². The second kappa shape index (κ2) is 4.53. The van der Waals surface area contributed by atoms with Crippen molar-refractivity contribution in [2.24, 2.45) is 0 Å². The smallest absolute Gasteiger partial charge is 0.120 e. The van der Waals surface area contributed by atoms with E-state index in [0.717, 1.165) is 24.3 Å². The van der Waals surface area contributed by atoms with E-state index in [2.05, 4.69) is 10.6 Å². The predicted octanol–water partition coefficient (Wildman–Crippen LogP) is 1.86. The first-order chi connectivity index (χ1) is 7.27. The predicted molar refractivity (Wildman–Crippen MR) is 62.4 cm³/mol. The highest BCUT2D eigenvalue weighted by molar-refractivity contribution is 5.56. The van der Waals surface area contributed by atoms with Gasteiger partial charge in [0, 0.05) is 23.8 Å². The van der Waals surface area contributed by atoms with Crippen LogP contribution in [0.4, 0.5) is 5.69 Å². The van der Waals surface area contributed by atoms with Gasteiger partial charge < -0.3 is 15.7 Å². The second-order valence-electron chi connectivity index (χ2n) is 4.12. The van der Waals surface area contributed by atoms with Crippen LogP contribution in [-0.4, -0.2) is 24.2 Å². The fourth-order valence-corrected chi connectivity index (χ4v) is 1.98. The number of phenolic OH excluding ortho intramolecular Hbond substituents is 1. The topological polar surface area (TPSA) is 44.3 Å². The Kier molecular flexibility index (Phi) is 3.11. The summed E-state index contributed by atoms with van der Waals surface area (Å²) in [4.78, 5) is 0. The normalized spacial score (nSPS) is 20.5. The molecule has 0 aliphatic carbocycles. The van der Waals surface area contributed by atoms with E-state index in [-0.39, 0.29) is 0 Å². The van der Waals surface area contributed by atoms with Gasteiger partial charge in [-0.05, 0) is 38.4 Å². The number of rotatable bonds is 3. The van der Waals surface area contributed by atoms with E-state index in [4.69, 9.17) is 0 Å². The summed E-state index contributed by atoms with van der Waals surface area (Å²) < 4.78 is 0. The van der Waals surface area contributed by atoms with Crippen molar-refractivity contribution >= 4 is 5.69 Å². The molecule has 0 radical (unpaired) electrons. The highest BCUT2D eigenvalue weighted by Crippen LogP contribution is 2.23. The van der Waals surface area contributed by atoms with Gasteiger partial charge in [-0.2, -0.15) is 0 Å². The summed E-state index contributed by atoms with van der Waals surface area (Å²) in [5.74, 6) is 0.361. The van der Waals surface area contributed by atoms with Crippen molar-refractivity contribution < 1.29 is 5.11 Å². The Morgan fingerprint density at radius 2 is 2.40 bits per heavy atom. The van der Waals surface area contributed by atoms with Gasteiger partial charge in [0.1, 0.15) is 5.75 Å². The molecule has 1 aliphatic rings. The maximum absolute atomic E-state index is 9.54. The minimum atomic E-state index is 0.361. The minimum absolute atomic E-state index is 0.361. The number of anilines is 1. The van der Waals surface area contributed by atoms with E-state index < -0.39 is 0 Å². The molecule has 0 amide bonds. The highest BCUT2D eigenvalue weighted by atomic mass is 16.3. The molecule has 0 bridgehead atoms. The lowest BCUT2D eigenvalue weighted by atomic mass is 10.1. The molecular formula is C12H18N2O. The lowest BCUT2D eigenvalue weighted by Crippen LogP contribution is -2.29. The zero-order valence-electron chi connectivity index (χ0n) is 9.09. The summed E-state index contributed by atoms with van der Waals surface area (Å²) >= 11 is 0. The molecule has 1 saturated heterocycles. The molecule has 1 heterocycles. The van der Waals surface area contributed by atoms with Crippen LogP contribution in [0.5, 0.6) is 5.75 Å². The van der Waals surface area contributed by atoms with E-state index in [1.165, 1.54) is 12.8 Å². The van der Waals surface area contributed by atoms with Crippen LogP contribution in [0, 0.1) is 6.92 Å². The number of hydrogen-bond donors (Lipinski definition) is 3. The van der Waals surface area contributed by atoms with E-state index in [1.807, 2.05) is 19.1 Å². The average molecular weight is 206 g/mol. The van der Waals surface area contributed by atoms with Crippen molar-refractivity contribution in [1.82, 2.24) is 5.32 Å². The Labute approximate surface area is 90.5 Å². The third kappa shape index (κ3) is 2.42. The number of phenols is 1. The zero-order chi connectivity index (χ0) is 10.7. The van der Waals surface area contributed by atoms with E-state index in [0.29, 0.717) is 11.8 Å². The quantitative estimate of drug-likeness (QED) is 0.707. The third-order valence-corrected chi connectivity index (χ3v) is 3.01. The van der Waals surface area contributed by atoms with Crippen LogP contribution in [0.2, 0.25) is 0 Å². The molecule has 0 saturated carbocycles. The monoisotopic (exact) mass is 206 g/mol. The first-order valence-corrected chi connectivity index (χ1v) is 5.53. The molecule has 3 heteroatoms. The number of aromatic hydroxyl groups is 1. The van der Waals surface area contributed by atoms with Gasteiger partial charge in [-0.3, -0.25) is 0 Å². The van der Waals surface area contributed by atoms with Gasteiger partial charge in [-0.15, -0.1) is 0 Å². The molecule has 0 spiro atoms. The van der Waals surface area contributed by atoms with Gasteiger partial charge >= 0.3 is 0 Å². The van der Waals surface area contributed by atoms with Crippen LogP contribution in [0.25, 0.3) is 0 Å². The first-order valence-electron chi connectivity index (χ1n) is 5.53. The van der Waals surface area contributed by atoms with Crippen LogP contribution in [0.1, 0.15) is 18.4 Å². The van der Waals surface area contributed by atoms with Crippen LogP contribution in [0.15, 0.2) is 18.2 Å². The molecule has 3 nitrogen and oxygen atoms in total. The molecule has 1 unspecified atom stereocenters. The molecule has 1 aromatic rings. The summed E-state index contributed by atoms with van der Waals surface area (Å²) in [5, 5.41) is 16.3. The number of benzene rings is 1. The summed E-state index contributed by atoms with van der Waals surface area (Å²) in [6, 6.07) is 6.16. The molecule has 15 heavy (non-hydrogen) atoms. The summed E-state index contributed by atoms with van der Waals surface area (Å²) in [5.41, 5.74) is 1.96. The van der Waals surface area contributed by atoms with Crippen molar-refractivity contribution in [2.45, 2.75) is 25.8 Å². The van der Waals surface area contributed by atoms with Crippen molar-refractivity contribution in [3.05, 3.63) is 23.8 Å². The van der Waals surface area contributed by atoms with Crippen molar-refractivity contribution in [2.75, 3.05) is 18.4 Å². The van der Waals surface area contributed by atoms with E-state index >= 15 is 0 Å². The Bertz CT molecular complexity index is 332. The highest BCUT2D eigenvalue weighted by Gasteiger charge is 2.13. The third-order valence-electron chi connectivity index (χ3n) is 3.01. The van der Waals surface area contributed by atoms with Crippen molar-refractivity contribution in [3.63, 3.8) is 0 Å². The largest absolute Gasteiger partial charge is 0.508 e. The van der Waals surface area contributed by atoms with Crippen LogP contribution in [-0.2, 0) is 0 Å². The summed E-state index contributed by atoms with van der Waals surface area (Å²) in [7, 11) is 0. The maximum Gasteiger partial charge on any atom is 0.120 e. The Hall–Kier alpha value is -1.22. The Morgan fingerprint density at radius 3 is 3.13 bits per heavy atom. The van der Waals surface area contributed by atoms with E-state index in [1.54, 1.807) is 6.07 Å². The molecule has 1 aliphatic heterocycles. The lowest BCUT2D eigenvalue weighted by Gasteiger charge is -2.14. The van der Waals surface area contributed by atoms with Gasteiger partial charge in [0.2, 0.25) is 0 Å². The van der Waals surface area contributed by atoms with Crippen LogP contribution < -0.4 is 10.6 Å². The SMILES string of the molecule is Cc1c(O)cccc1NCC1CCCN1. The van der Waals surface area contributed by atoms with Crippen molar-refractivity contribution in [3.8, 4) is 5.75 Å². The molecule has 0 aromatic heterocycles. The molecule has 3 N–H and O–H groups in total. The summed E-state index contributed by atoms with van der Waals surface area (Å²) in [6.07, 6.45) is 2.51. The zero-order valence-corrected chi connectivity index (χ0v) is 9.09.